The molecule has 0 atom stereocenters. The van der Waals surface area contributed by atoms with Gasteiger partial charge in [0.15, 0.2) is 0 Å². The molecule has 0 bridgehead atoms. The van der Waals surface area contributed by atoms with Crippen molar-refractivity contribution >= 4 is 10.9 Å². The van der Waals surface area contributed by atoms with Gasteiger partial charge >= 0.3 is 0 Å². The van der Waals surface area contributed by atoms with Crippen LogP contribution in [0.1, 0.15) is 31.1 Å². The summed E-state index contributed by atoms with van der Waals surface area (Å²) >= 11 is 0. The number of aromatic hydroxyl groups is 1. The van der Waals surface area contributed by atoms with Crippen LogP contribution in [-0.4, -0.2) is 9.67 Å². The minimum Gasteiger partial charge on any atom is -0.508 e. The summed E-state index contributed by atoms with van der Waals surface area (Å²) in [5.41, 5.74) is 3.64. The molecule has 114 valence electrons. The zero-order chi connectivity index (χ0) is 15.7. The molecule has 0 saturated heterocycles. The van der Waals surface area contributed by atoms with Gasteiger partial charge in [-0.25, -0.2) is 0 Å². The number of nitrogens with zero attached hydrogens (tertiary/aromatic N) is 1. The van der Waals surface area contributed by atoms with Gasteiger partial charge in [-0.2, -0.15) is 0 Å². The van der Waals surface area contributed by atoms with E-state index in [9.17, 15) is 5.11 Å². The number of hydrogen-bond donors (Lipinski definition) is 1. The Hall–Kier alpha value is -2.42. The fourth-order valence-electron chi connectivity index (χ4n) is 2.84. The summed E-state index contributed by atoms with van der Waals surface area (Å²) in [7, 11) is 0. The molecule has 0 aliphatic carbocycles. The average molecular weight is 295 g/mol. The zero-order valence-corrected chi connectivity index (χ0v) is 13.2. The molecule has 0 amide bonds. The molecule has 3 rings (SSSR count). The van der Waals surface area contributed by atoms with E-state index in [1.54, 1.807) is 18.2 Å². The van der Waals surface area contributed by atoms with Crippen LogP contribution in [0.2, 0.25) is 0 Å². The number of phenolic OH excluding ortho intramolecular Hbond substituents is 1. The highest BCUT2D eigenvalue weighted by atomic mass is 16.5. The average Bonchev–Trinajstić information content (AvgIpc) is 2.83. The maximum atomic E-state index is 9.51. The second-order valence-corrected chi connectivity index (χ2v) is 5.95. The van der Waals surface area contributed by atoms with E-state index in [-0.39, 0.29) is 5.75 Å². The van der Waals surface area contributed by atoms with Crippen molar-refractivity contribution in [3.8, 4) is 11.5 Å². The number of benzene rings is 2. The molecule has 3 heteroatoms. The Morgan fingerprint density at radius 1 is 1.09 bits per heavy atom. The van der Waals surface area contributed by atoms with E-state index in [4.69, 9.17) is 4.74 Å². The van der Waals surface area contributed by atoms with Crippen LogP contribution < -0.4 is 4.74 Å². The fraction of sp³-hybridized carbons (Fsp3) is 0.263. The molecule has 1 aromatic heterocycles. The maximum Gasteiger partial charge on any atom is 0.128 e. The highest BCUT2D eigenvalue weighted by Crippen LogP contribution is 2.27. The highest BCUT2D eigenvalue weighted by Gasteiger charge is 2.12. The van der Waals surface area contributed by atoms with Gasteiger partial charge in [-0.1, -0.05) is 18.2 Å². The smallest absolute Gasteiger partial charge is 0.128 e. The Balaban J connectivity index is 1.94. The van der Waals surface area contributed by atoms with Crippen LogP contribution in [-0.2, 0) is 6.61 Å². The Labute approximate surface area is 130 Å². The summed E-state index contributed by atoms with van der Waals surface area (Å²) in [4.78, 5) is 0. The van der Waals surface area contributed by atoms with Crippen molar-refractivity contribution in [1.82, 2.24) is 4.57 Å². The van der Waals surface area contributed by atoms with Crippen LogP contribution in [0.15, 0.2) is 48.5 Å². The van der Waals surface area contributed by atoms with E-state index < -0.39 is 0 Å². The van der Waals surface area contributed by atoms with Gasteiger partial charge in [0.2, 0.25) is 0 Å². The van der Waals surface area contributed by atoms with E-state index in [1.165, 1.54) is 16.5 Å². The zero-order valence-electron chi connectivity index (χ0n) is 13.2. The van der Waals surface area contributed by atoms with Crippen molar-refractivity contribution < 1.29 is 9.84 Å². The lowest BCUT2D eigenvalue weighted by Crippen LogP contribution is -2.08. The van der Waals surface area contributed by atoms with Gasteiger partial charge in [-0.15, -0.1) is 0 Å². The van der Waals surface area contributed by atoms with Crippen molar-refractivity contribution in [3.05, 3.63) is 59.8 Å². The van der Waals surface area contributed by atoms with E-state index in [0.29, 0.717) is 18.4 Å². The van der Waals surface area contributed by atoms with E-state index in [0.717, 1.165) is 5.69 Å². The number of aryl methyl sites for hydroxylation is 1. The van der Waals surface area contributed by atoms with Crippen LogP contribution in [0.3, 0.4) is 0 Å². The SMILES string of the molecule is Cc1ccc2cc(COc3cccc(O)c3)n(C(C)C)c2c1. The molecule has 0 aliphatic rings. The minimum atomic E-state index is 0.220. The normalized spacial score (nSPS) is 11.3. The van der Waals surface area contributed by atoms with Crippen LogP contribution in [0.5, 0.6) is 11.5 Å². The van der Waals surface area contributed by atoms with E-state index >= 15 is 0 Å². The highest BCUT2D eigenvalue weighted by molar-refractivity contribution is 5.82. The topological polar surface area (TPSA) is 34.4 Å². The molecule has 0 aliphatic heterocycles. The molecule has 0 radical (unpaired) electrons. The van der Waals surface area contributed by atoms with Crippen molar-refractivity contribution in [2.45, 2.75) is 33.4 Å². The van der Waals surface area contributed by atoms with Gasteiger partial charge in [-0.05, 0) is 50.6 Å². The molecule has 3 aromatic rings. The van der Waals surface area contributed by atoms with Gasteiger partial charge < -0.3 is 14.4 Å². The van der Waals surface area contributed by atoms with Crippen molar-refractivity contribution in [3.63, 3.8) is 0 Å². The summed E-state index contributed by atoms with van der Waals surface area (Å²) in [6.45, 7) is 6.95. The third-order valence-electron chi connectivity index (χ3n) is 3.80. The maximum absolute atomic E-state index is 9.51. The Bertz CT molecular complexity index is 802. The third kappa shape index (κ3) is 2.80. The number of ether oxygens (including phenoxy) is 1. The first-order valence-corrected chi connectivity index (χ1v) is 7.57. The summed E-state index contributed by atoms with van der Waals surface area (Å²) < 4.78 is 8.15. The lowest BCUT2D eigenvalue weighted by atomic mass is 10.2. The number of fused-ring (bicyclic) bond motifs is 1. The Morgan fingerprint density at radius 3 is 2.64 bits per heavy atom. The second kappa shape index (κ2) is 5.76. The summed E-state index contributed by atoms with van der Waals surface area (Å²) in [6, 6.07) is 16.0. The predicted molar refractivity (Wildman–Crippen MR) is 89.5 cm³/mol. The molecular formula is C19H21NO2. The number of phenols is 1. The summed E-state index contributed by atoms with van der Waals surface area (Å²) in [6.07, 6.45) is 0. The van der Waals surface area contributed by atoms with E-state index in [1.807, 2.05) is 6.07 Å². The van der Waals surface area contributed by atoms with Crippen molar-refractivity contribution in [1.29, 1.82) is 0 Å². The Morgan fingerprint density at radius 2 is 1.91 bits per heavy atom. The van der Waals surface area contributed by atoms with Crippen LogP contribution in [0, 0.1) is 6.92 Å². The fourth-order valence-corrected chi connectivity index (χ4v) is 2.84. The number of aromatic nitrogens is 1. The van der Waals surface area contributed by atoms with Crippen LogP contribution >= 0.6 is 0 Å². The molecule has 0 spiro atoms. The van der Waals surface area contributed by atoms with E-state index in [2.05, 4.69) is 49.6 Å². The molecule has 1 N–H and O–H groups in total. The largest absolute Gasteiger partial charge is 0.508 e. The minimum absolute atomic E-state index is 0.220. The molecule has 2 aromatic carbocycles. The lowest BCUT2D eigenvalue weighted by molar-refractivity contribution is 0.291. The van der Waals surface area contributed by atoms with Gasteiger partial charge in [0.1, 0.15) is 18.1 Å². The monoisotopic (exact) mass is 295 g/mol. The lowest BCUT2D eigenvalue weighted by Gasteiger charge is -2.15. The van der Waals surface area contributed by atoms with Gasteiger partial charge in [-0.3, -0.25) is 0 Å². The first-order valence-electron chi connectivity index (χ1n) is 7.57. The standard InChI is InChI=1S/C19H21NO2/c1-13(2)20-16(10-15-8-7-14(3)9-19(15)20)12-22-18-6-4-5-17(21)11-18/h4-11,13,21H,12H2,1-3H3. The molecule has 0 saturated carbocycles. The van der Waals surface area contributed by atoms with Crippen molar-refractivity contribution in [2.24, 2.45) is 0 Å². The Kier molecular flexibility index (Phi) is 3.80. The third-order valence-corrected chi connectivity index (χ3v) is 3.80. The van der Waals surface area contributed by atoms with Gasteiger partial charge in [0.05, 0.1) is 5.69 Å². The van der Waals surface area contributed by atoms with Crippen molar-refractivity contribution in [2.75, 3.05) is 0 Å². The predicted octanol–water partition coefficient (Wildman–Crippen LogP) is 4.82. The first-order chi connectivity index (χ1) is 10.5. The molecule has 1 heterocycles. The molecular weight excluding hydrogens is 274 g/mol. The number of rotatable bonds is 4. The summed E-state index contributed by atoms with van der Waals surface area (Å²) in [5, 5.41) is 10.7. The molecule has 22 heavy (non-hydrogen) atoms. The van der Waals surface area contributed by atoms with Gasteiger partial charge in [0, 0.05) is 23.0 Å². The number of hydrogen-bond acceptors (Lipinski definition) is 2. The first kappa shape index (κ1) is 14.5. The quantitative estimate of drug-likeness (QED) is 0.749. The molecule has 0 fully saturated rings. The van der Waals surface area contributed by atoms with Crippen LogP contribution in [0.4, 0.5) is 0 Å². The molecule has 3 nitrogen and oxygen atoms in total. The summed E-state index contributed by atoms with van der Waals surface area (Å²) in [5.74, 6) is 0.897. The molecule has 0 unspecified atom stereocenters. The van der Waals surface area contributed by atoms with Gasteiger partial charge in [0.25, 0.3) is 0 Å². The second-order valence-electron chi connectivity index (χ2n) is 5.95. The van der Waals surface area contributed by atoms with Crippen LogP contribution in [0.25, 0.3) is 10.9 Å².